The quantitative estimate of drug-likeness (QED) is 0.894. The van der Waals surface area contributed by atoms with E-state index < -0.39 is 5.97 Å². The monoisotopic (exact) mass is 251 g/mol. The number of carbonyl (C=O) groups is 1. The van der Waals surface area contributed by atoms with Gasteiger partial charge in [-0.3, -0.25) is 4.79 Å². The minimum Gasteiger partial charge on any atom is -0.481 e. The summed E-state index contributed by atoms with van der Waals surface area (Å²) in [6.45, 7) is 4.15. The van der Waals surface area contributed by atoms with Crippen LogP contribution in [0.3, 0.4) is 0 Å². The molecular weight excluding hydrogens is 233 g/mol. The molecule has 0 aliphatic carbocycles. The minimum atomic E-state index is -0.777. The Morgan fingerprint density at radius 1 is 1.56 bits per heavy atom. The lowest BCUT2D eigenvalue weighted by atomic mass is 10.1. The van der Waals surface area contributed by atoms with Gasteiger partial charge in [0, 0.05) is 24.2 Å². The van der Waals surface area contributed by atoms with Crippen molar-refractivity contribution < 1.29 is 14.3 Å². The number of nitrogens with zero attached hydrogens (tertiary/aromatic N) is 1. The summed E-state index contributed by atoms with van der Waals surface area (Å²) < 4.78 is 13.2. The predicted molar refractivity (Wildman–Crippen MR) is 68.4 cm³/mol. The number of carboxylic acids is 1. The molecule has 1 N–H and O–H groups in total. The molecule has 0 bridgehead atoms. The highest BCUT2D eigenvalue weighted by Gasteiger charge is 2.31. The molecule has 3 nitrogen and oxygen atoms in total. The number of benzene rings is 1. The van der Waals surface area contributed by atoms with Crippen molar-refractivity contribution >= 4 is 11.7 Å². The second-order valence-electron chi connectivity index (χ2n) is 5.06. The summed E-state index contributed by atoms with van der Waals surface area (Å²) in [5, 5.41) is 8.78. The Bertz CT molecular complexity index is 459. The maximum Gasteiger partial charge on any atom is 0.303 e. The maximum atomic E-state index is 13.2. The number of hydrogen-bond donors (Lipinski definition) is 1. The Kier molecular flexibility index (Phi) is 3.55. The van der Waals surface area contributed by atoms with Gasteiger partial charge in [0.2, 0.25) is 0 Å². The van der Waals surface area contributed by atoms with Crippen molar-refractivity contribution in [2.75, 3.05) is 4.90 Å². The Hall–Kier alpha value is -1.58. The molecular formula is C14H18FNO2. The fraction of sp³-hybridized carbons (Fsp3) is 0.500. The van der Waals surface area contributed by atoms with Crippen molar-refractivity contribution in [1.82, 2.24) is 0 Å². The van der Waals surface area contributed by atoms with Gasteiger partial charge in [-0.25, -0.2) is 4.39 Å². The first-order valence-electron chi connectivity index (χ1n) is 6.27. The van der Waals surface area contributed by atoms with Crippen LogP contribution in [-0.2, 0) is 11.2 Å². The molecule has 1 aromatic carbocycles. The van der Waals surface area contributed by atoms with Crippen LogP contribution in [0.5, 0.6) is 0 Å². The number of aliphatic carboxylic acids is 1. The molecule has 1 aliphatic rings. The van der Waals surface area contributed by atoms with E-state index in [1.807, 2.05) is 0 Å². The van der Waals surface area contributed by atoms with Gasteiger partial charge in [-0.2, -0.15) is 0 Å². The molecule has 0 aromatic heterocycles. The molecule has 1 atom stereocenters. The van der Waals surface area contributed by atoms with Crippen molar-refractivity contribution in [3.63, 3.8) is 0 Å². The van der Waals surface area contributed by atoms with E-state index in [-0.39, 0.29) is 24.3 Å². The van der Waals surface area contributed by atoms with E-state index in [4.69, 9.17) is 5.11 Å². The lowest BCUT2D eigenvalue weighted by Gasteiger charge is -2.31. The summed E-state index contributed by atoms with van der Waals surface area (Å²) in [7, 11) is 0. The average molecular weight is 251 g/mol. The maximum absolute atomic E-state index is 13.2. The molecule has 0 saturated carbocycles. The largest absolute Gasteiger partial charge is 0.481 e. The van der Waals surface area contributed by atoms with E-state index >= 15 is 0 Å². The topological polar surface area (TPSA) is 40.5 Å². The van der Waals surface area contributed by atoms with Crippen molar-refractivity contribution in [2.45, 2.75) is 45.2 Å². The first kappa shape index (κ1) is 12.9. The number of carboxylic acid groups (broad SMARTS) is 1. The molecule has 0 fully saturated rings. The van der Waals surface area contributed by atoms with Gasteiger partial charge < -0.3 is 10.0 Å². The van der Waals surface area contributed by atoms with E-state index in [9.17, 15) is 9.18 Å². The number of rotatable bonds is 4. The van der Waals surface area contributed by atoms with Crippen LogP contribution >= 0.6 is 0 Å². The van der Waals surface area contributed by atoms with E-state index in [0.717, 1.165) is 17.7 Å². The van der Waals surface area contributed by atoms with Gasteiger partial charge in [0.15, 0.2) is 0 Å². The summed E-state index contributed by atoms with van der Waals surface area (Å²) in [6, 6.07) is 5.28. The van der Waals surface area contributed by atoms with Crippen LogP contribution in [0.25, 0.3) is 0 Å². The lowest BCUT2D eigenvalue weighted by Crippen LogP contribution is -2.38. The van der Waals surface area contributed by atoms with Gasteiger partial charge in [-0.1, -0.05) is 0 Å². The molecule has 4 heteroatoms. The SMILES string of the molecule is CC(C)N1c2ccc(F)cc2CC1CCC(=O)O. The van der Waals surface area contributed by atoms with Gasteiger partial charge >= 0.3 is 5.97 Å². The van der Waals surface area contributed by atoms with Gasteiger partial charge in [-0.15, -0.1) is 0 Å². The lowest BCUT2D eigenvalue weighted by molar-refractivity contribution is -0.137. The Balaban J connectivity index is 2.22. The Morgan fingerprint density at radius 2 is 2.28 bits per heavy atom. The number of halogens is 1. The summed E-state index contributed by atoms with van der Waals surface area (Å²) in [6.07, 6.45) is 1.49. The van der Waals surface area contributed by atoms with Crippen molar-refractivity contribution in [1.29, 1.82) is 0 Å². The molecule has 0 saturated heterocycles. The van der Waals surface area contributed by atoms with E-state index in [0.29, 0.717) is 6.42 Å². The minimum absolute atomic E-state index is 0.157. The zero-order valence-electron chi connectivity index (χ0n) is 10.7. The molecule has 1 aromatic rings. The van der Waals surface area contributed by atoms with Crippen LogP contribution < -0.4 is 4.90 Å². The number of hydrogen-bond acceptors (Lipinski definition) is 2. The van der Waals surface area contributed by atoms with Crippen LogP contribution in [0.1, 0.15) is 32.3 Å². The molecule has 1 unspecified atom stereocenters. The summed E-state index contributed by atoms with van der Waals surface area (Å²) >= 11 is 0. The highest BCUT2D eigenvalue weighted by Crippen LogP contribution is 2.35. The number of anilines is 1. The van der Waals surface area contributed by atoms with Crippen LogP contribution in [0.4, 0.5) is 10.1 Å². The third-order valence-corrected chi connectivity index (χ3v) is 3.42. The van der Waals surface area contributed by atoms with E-state index in [2.05, 4.69) is 18.7 Å². The predicted octanol–water partition coefficient (Wildman–Crippen LogP) is 2.83. The van der Waals surface area contributed by atoms with Gasteiger partial charge in [0.25, 0.3) is 0 Å². The molecule has 1 aliphatic heterocycles. The summed E-state index contributed by atoms with van der Waals surface area (Å²) in [5.74, 6) is -1.00. The van der Waals surface area contributed by atoms with Crippen LogP contribution in [-0.4, -0.2) is 23.2 Å². The van der Waals surface area contributed by atoms with E-state index in [1.165, 1.54) is 6.07 Å². The fourth-order valence-corrected chi connectivity index (χ4v) is 2.75. The highest BCUT2D eigenvalue weighted by molar-refractivity contribution is 5.67. The second-order valence-corrected chi connectivity index (χ2v) is 5.06. The van der Waals surface area contributed by atoms with Crippen molar-refractivity contribution in [3.8, 4) is 0 Å². The normalized spacial score (nSPS) is 18.2. The first-order valence-corrected chi connectivity index (χ1v) is 6.27. The smallest absolute Gasteiger partial charge is 0.303 e. The number of fused-ring (bicyclic) bond motifs is 1. The zero-order chi connectivity index (χ0) is 13.3. The Labute approximate surface area is 106 Å². The second kappa shape index (κ2) is 4.96. The van der Waals surface area contributed by atoms with Crippen LogP contribution in [0.15, 0.2) is 18.2 Å². The zero-order valence-corrected chi connectivity index (χ0v) is 10.7. The highest BCUT2D eigenvalue weighted by atomic mass is 19.1. The van der Waals surface area contributed by atoms with E-state index in [1.54, 1.807) is 12.1 Å². The molecule has 0 spiro atoms. The van der Waals surface area contributed by atoms with Crippen LogP contribution in [0.2, 0.25) is 0 Å². The third kappa shape index (κ3) is 2.47. The molecule has 18 heavy (non-hydrogen) atoms. The van der Waals surface area contributed by atoms with Crippen molar-refractivity contribution in [3.05, 3.63) is 29.6 Å². The standard InChI is InChI=1S/C14H18FNO2/c1-9(2)16-12(4-6-14(17)18)8-10-7-11(15)3-5-13(10)16/h3,5,7,9,12H,4,6,8H2,1-2H3,(H,17,18). The fourth-order valence-electron chi connectivity index (χ4n) is 2.75. The summed E-state index contributed by atoms with van der Waals surface area (Å²) in [4.78, 5) is 12.9. The van der Waals surface area contributed by atoms with Gasteiger partial charge in [0.05, 0.1) is 0 Å². The molecule has 2 rings (SSSR count). The van der Waals surface area contributed by atoms with Crippen LogP contribution in [0, 0.1) is 5.82 Å². The molecule has 0 amide bonds. The molecule has 0 radical (unpaired) electrons. The molecule has 98 valence electrons. The van der Waals surface area contributed by atoms with Gasteiger partial charge in [-0.05, 0) is 50.5 Å². The van der Waals surface area contributed by atoms with Crippen molar-refractivity contribution in [2.24, 2.45) is 0 Å². The average Bonchev–Trinajstić information content (AvgIpc) is 2.63. The first-order chi connectivity index (χ1) is 8.49. The Morgan fingerprint density at radius 3 is 2.89 bits per heavy atom. The molecule has 1 heterocycles. The third-order valence-electron chi connectivity index (χ3n) is 3.42. The summed E-state index contributed by atoms with van der Waals surface area (Å²) in [5.41, 5.74) is 2.03. The van der Waals surface area contributed by atoms with Gasteiger partial charge in [0.1, 0.15) is 5.82 Å².